The average molecular weight is 365 g/mol. The highest BCUT2D eigenvalue weighted by atomic mass is 16.6. The second-order valence-electron chi connectivity index (χ2n) is 7.17. The van der Waals surface area contributed by atoms with Crippen LogP contribution in [-0.2, 0) is 28.6 Å². The van der Waals surface area contributed by atoms with Crippen molar-refractivity contribution in [2.75, 3.05) is 14.2 Å². The molecule has 0 saturated carbocycles. The molecule has 2 bridgehead atoms. The number of esters is 3. The summed E-state index contributed by atoms with van der Waals surface area (Å²) in [5, 5.41) is 0. The molecule has 0 aromatic heterocycles. The number of piperidine rings is 1. The first-order chi connectivity index (χ1) is 12.2. The van der Waals surface area contributed by atoms with Crippen LogP contribution in [0.5, 0.6) is 0 Å². The van der Waals surface area contributed by atoms with Crippen LogP contribution in [0, 0.1) is 0 Å². The van der Waals surface area contributed by atoms with Crippen LogP contribution in [0.2, 0.25) is 0 Å². The number of carbonyl (C=O) groups excluding carboxylic acids is 3. The molecule has 4 atom stereocenters. The fraction of sp³-hybridized carbons (Fsp3) is 0.632. The van der Waals surface area contributed by atoms with Gasteiger partial charge in [0.05, 0.1) is 19.6 Å². The van der Waals surface area contributed by atoms with Crippen LogP contribution in [-0.4, -0.2) is 61.3 Å². The number of ether oxygens (including phenoxy) is 3. The molecule has 2 heterocycles. The van der Waals surface area contributed by atoms with E-state index in [4.69, 9.17) is 9.47 Å². The van der Waals surface area contributed by atoms with Crippen molar-refractivity contribution in [2.24, 2.45) is 0 Å². The zero-order valence-corrected chi connectivity index (χ0v) is 15.8. The van der Waals surface area contributed by atoms with E-state index in [2.05, 4.69) is 16.2 Å². The Balaban J connectivity index is 1.91. The topological polar surface area (TPSA) is 82.1 Å². The van der Waals surface area contributed by atoms with Crippen molar-refractivity contribution in [1.82, 2.24) is 4.90 Å². The third-order valence-corrected chi connectivity index (χ3v) is 4.88. The van der Waals surface area contributed by atoms with Gasteiger partial charge in [-0.2, -0.15) is 0 Å². The van der Waals surface area contributed by atoms with Crippen molar-refractivity contribution < 1.29 is 28.6 Å². The van der Waals surface area contributed by atoms with E-state index >= 15 is 0 Å². The van der Waals surface area contributed by atoms with Gasteiger partial charge in [0.15, 0.2) is 0 Å². The van der Waals surface area contributed by atoms with Crippen LogP contribution < -0.4 is 0 Å². The van der Waals surface area contributed by atoms with Crippen molar-refractivity contribution in [2.45, 2.75) is 63.8 Å². The van der Waals surface area contributed by atoms with Crippen LogP contribution >= 0.6 is 0 Å². The monoisotopic (exact) mass is 365 g/mol. The highest BCUT2D eigenvalue weighted by Crippen LogP contribution is 2.37. The minimum Gasteiger partial charge on any atom is -0.466 e. The summed E-state index contributed by atoms with van der Waals surface area (Å²) in [6, 6.07) is 0.213. The third kappa shape index (κ3) is 4.94. The number of fused-ring (bicyclic) bond motifs is 2. The van der Waals surface area contributed by atoms with Crippen LogP contribution in [0.4, 0.5) is 0 Å². The fourth-order valence-corrected chi connectivity index (χ4v) is 3.63. The lowest BCUT2D eigenvalue weighted by molar-refractivity contribution is -0.154. The van der Waals surface area contributed by atoms with Gasteiger partial charge in [0.1, 0.15) is 12.2 Å². The number of hydrogen-bond donors (Lipinski definition) is 0. The number of allylic oxidation sites excluding steroid dienone is 1. The molecule has 2 unspecified atom stereocenters. The van der Waals surface area contributed by atoms with E-state index in [1.54, 1.807) is 0 Å². The van der Waals surface area contributed by atoms with Crippen LogP contribution in [0.15, 0.2) is 23.8 Å². The molecule has 0 amide bonds. The first kappa shape index (κ1) is 20.2. The summed E-state index contributed by atoms with van der Waals surface area (Å²) in [7, 11) is 3.24. The number of carbonyl (C=O) groups is 3. The summed E-state index contributed by atoms with van der Waals surface area (Å²) in [6.07, 6.45) is 2.84. The van der Waals surface area contributed by atoms with Gasteiger partial charge in [-0.15, -0.1) is 0 Å². The Kier molecular flexibility index (Phi) is 6.58. The summed E-state index contributed by atoms with van der Waals surface area (Å²) in [5.41, 5.74) is 0.962. The second kappa shape index (κ2) is 8.49. The fourth-order valence-electron chi connectivity index (χ4n) is 3.63. The van der Waals surface area contributed by atoms with Gasteiger partial charge in [0, 0.05) is 37.0 Å². The molecule has 2 fully saturated rings. The standard InChI is InChI=1S/C19H27NO6/c1-11(2)6-17(21)26-16-9-13-8-14(10-15(16)20(13)4)25-18(22)7-12(3)19(23)24-5/h6,13-16H,3,7-10H2,1-2,4-5H3/t13?,14-,15?,16+/m0/s1. The molecule has 0 aromatic rings. The number of nitrogens with zero attached hydrogens (tertiary/aromatic N) is 1. The molecule has 144 valence electrons. The van der Waals surface area contributed by atoms with Crippen molar-refractivity contribution >= 4 is 17.9 Å². The largest absolute Gasteiger partial charge is 0.466 e. The first-order valence-corrected chi connectivity index (χ1v) is 8.74. The molecule has 26 heavy (non-hydrogen) atoms. The zero-order chi connectivity index (χ0) is 19.4. The predicted octanol–water partition coefficient (Wildman–Crippen LogP) is 1.76. The van der Waals surface area contributed by atoms with Crippen LogP contribution in [0.25, 0.3) is 0 Å². The number of hydrogen-bond acceptors (Lipinski definition) is 7. The molecule has 2 saturated heterocycles. The summed E-state index contributed by atoms with van der Waals surface area (Å²) in [6.45, 7) is 7.23. The van der Waals surface area contributed by atoms with Crippen molar-refractivity contribution in [3.05, 3.63) is 23.8 Å². The Labute approximate surface area is 154 Å². The van der Waals surface area contributed by atoms with Crippen LogP contribution in [0.1, 0.15) is 39.5 Å². The molecule has 0 spiro atoms. The molecule has 2 aliphatic rings. The highest BCUT2D eigenvalue weighted by Gasteiger charge is 2.47. The van der Waals surface area contributed by atoms with Gasteiger partial charge in [-0.3, -0.25) is 9.69 Å². The molecule has 0 aromatic carbocycles. The van der Waals surface area contributed by atoms with E-state index in [1.807, 2.05) is 20.9 Å². The normalized spacial score (nSPS) is 27.4. The molecule has 0 radical (unpaired) electrons. The Morgan fingerprint density at radius 3 is 2.46 bits per heavy atom. The van der Waals surface area contributed by atoms with E-state index in [0.29, 0.717) is 12.8 Å². The van der Waals surface area contributed by atoms with Gasteiger partial charge in [-0.1, -0.05) is 12.2 Å². The van der Waals surface area contributed by atoms with E-state index in [9.17, 15) is 14.4 Å². The molecule has 7 heteroatoms. The molecular formula is C19H27NO6. The van der Waals surface area contributed by atoms with Gasteiger partial charge < -0.3 is 14.2 Å². The molecule has 2 rings (SSSR count). The lowest BCUT2D eigenvalue weighted by Crippen LogP contribution is -2.46. The lowest BCUT2D eigenvalue weighted by atomic mass is 10.00. The highest BCUT2D eigenvalue weighted by molar-refractivity contribution is 5.93. The van der Waals surface area contributed by atoms with E-state index in [1.165, 1.54) is 13.2 Å². The van der Waals surface area contributed by atoms with Crippen molar-refractivity contribution in [1.29, 1.82) is 0 Å². The molecule has 0 aliphatic carbocycles. The number of rotatable bonds is 6. The predicted molar refractivity (Wildman–Crippen MR) is 94.2 cm³/mol. The summed E-state index contributed by atoms with van der Waals surface area (Å²) < 4.78 is 15.6. The minimum atomic E-state index is -0.614. The Morgan fingerprint density at radius 2 is 1.85 bits per heavy atom. The van der Waals surface area contributed by atoms with Gasteiger partial charge in [0.2, 0.25) is 0 Å². The van der Waals surface area contributed by atoms with E-state index in [0.717, 1.165) is 12.0 Å². The maximum atomic E-state index is 12.0. The van der Waals surface area contributed by atoms with Gasteiger partial charge in [-0.05, 0) is 20.9 Å². The lowest BCUT2D eigenvalue weighted by Gasteiger charge is -2.36. The number of methoxy groups -OCH3 is 1. The third-order valence-electron chi connectivity index (χ3n) is 4.88. The Hall–Kier alpha value is -2.15. The van der Waals surface area contributed by atoms with Crippen LogP contribution in [0.3, 0.4) is 0 Å². The minimum absolute atomic E-state index is 0.0184. The SMILES string of the molecule is C=C(CC(=O)O[C@H]1CC2C[C@@H](OC(=O)C=C(C)C)C(C1)N2C)C(=O)OC. The average Bonchev–Trinajstić information content (AvgIpc) is 2.71. The smallest absolute Gasteiger partial charge is 0.333 e. The Morgan fingerprint density at radius 1 is 1.15 bits per heavy atom. The molecule has 0 N–H and O–H groups in total. The van der Waals surface area contributed by atoms with E-state index < -0.39 is 11.9 Å². The quantitative estimate of drug-likeness (QED) is 0.403. The molecular weight excluding hydrogens is 338 g/mol. The van der Waals surface area contributed by atoms with Gasteiger partial charge in [-0.25, -0.2) is 9.59 Å². The van der Waals surface area contributed by atoms with Gasteiger partial charge >= 0.3 is 17.9 Å². The second-order valence-corrected chi connectivity index (χ2v) is 7.17. The van der Waals surface area contributed by atoms with E-state index in [-0.39, 0.29) is 42.3 Å². The number of likely N-dealkylation sites (N-methyl/N-ethyl adjacent to an activating group) is 1. The molecule has 2 aliphatic heterocycles. The van der Waals surface area contributed by atoms with Crippen molar-refractivity contribution in [3.8, 4) is 0 Å². The summed E-state index contributed by atoms with van der Waals surface area (Å²) in [4.78, 5) is 37.5. The Bertz CT molecular complexity index is 622. The molecule has 7 nitrogen and oxygen atoms in total. The zero-order valence-electron chi connectivity index (χ0n) is 15.8. The first-order valence-electron chi connectivity index (χ1n) is 8.74. The summed E-state index contributed by atoms with van der Waals surface area (Å²) >= 11 is 0. The maximum absolute atomic E-state index is 12.0. The summed E-state index contributed by atoms with van der Waals surface area (Å²) in [5.74, 6) is -1.44. The van der Waals surface area contributed by atoms with Gasteiger partial charge in [0.25, 0.3) is 0 Å². The maximum Gasteiger partial charge on any atom is 0.333 e. The van der Waals surface area contributed by atoms with Crippen molar-refractivity contribution in [3.63, 3.8) is 0 Å².